The minimum Gasteiger partial charge on any atom is -0.356 e. The normalized spacial score (nSPS) is 18.4. The summed E-state index contributed by atoms with van der Waals surface area (Å²) in [5.41, 5.74) is 2.16. The second kappa shape index (κ2) is 2.59. The second-order valence-corrected chi connectivity index (χ2v) is 4.03. The highest BCUT2D eigenvalue weighted by molar-refractivity contribution is 5.66. The summed E-state index contributed by atoms with van der Waals surface area (Å²) in [6, 6.07) is 0. The van der Waals surface area contributed by atoms with E-state index >= 15 is 0 Å². The van der Waals surface area contributed by atoms with Gasteiger partial charge in [-0.3, -0.25) is 0 Å². The van der Waals surface area contributed by atoms with Crippen molar-refractivity contribution in [3.05, 3.63) is 29.2 Å². The Hall–Kier alpha value is -1.31. The minimum atomic E-state index is 0.105. The van der Waals surface area contributed by atoms with Gasteiger partial charge in [0.1, 0.15) is 0 Å². The molecule has 2 rings (SSSR count). The van der Waals surface area contributed by atoms with Crippen molar-refractivity contribution < 1.29 is 4.52 Å². The molecule has 2 heteroatoms. The van der Waals surface area contributed by atoms with Crippen LogP contribution in [0.1, 0.15) is 30.9 Å². The molecule has 0 saturated heterocycles. The Morgan fingerprint density at radius 2 is 1.92 bits per heavy atom. The molecule has 0 atom stereocenters. The molecule has 0 aromatic carbocycles. The molecule has 0 aliphatic heterocycles. The van der Waals surface area contributed by atoms with Crippen LogP contribution in [0.25, 0.3) is 12.2 Å². The molecule has 1 heterocycles. The van der Waals surface area contributed by atoms with Crippen molar-refractivity contribution in [2.75, 3.05) is 0 Å². The summed E-state index contributed by atoms with van der Waals surface area (Å²) in [6.07, 6.45) is 8.37. The van der Waals surface area contributed by atoms with Crippen LogP contribution in [0.15, 0.2) is 16.7 Å². The molecule has 0 amide bonds. The molecule has 2 nitrogen and oxygen atoms in total. The van der Waals surface area contributed by atoms with Gasteiger partial charge < -0.3 is 4.52 Å². The average Bonchev–Trinajstić information content (AvgIpc) is 2.32. The summed E-state index contributed by atoms with van der Waals surface area (Å²) in [5.74, 6) is 0.860. The van der Waals surface area contributed by atoms with Gasteiger partial charge in [-0.05, 0) is 13.0 Å². The van der Waals surface area contributed by atoms with E-state index in [0.717, 1.165) is 17.0 Å². The van der Waals surface area contributed by atoms with E-state index in [4.69, 9.17) is 4.52 Å². The molecule has 0 radical (unpaired) electrons. The molecule has 0 unspecified atom stereocenters. The number of fused-ring (bicyclic) bond motifs is 1. The summed E-state index contributed by atoms with van der Waals surface area (Å²) < 4.78 is 5.17. The largest absolute Gasteiger partial charge is 0.356 e. The highest BCUT2D eigenvalue weighted by Crippen LogP contribution is 2.28. The topological polar surface area (TPSA) is 26.0 Å². The molecule has 1 aromatic heterocycles. The molecular formula is C11H13NO. The summed E-state index contributed by atoms with van der Waals surface area (Å²) in [4.78, 5) is 0. The number of hydrogen-bond donors (Lipinski definition) is 0. The van der Waals surface area contributed by atoms with Crippen molar-refractivity contribution in [1.29, 1.82) is 0 Å². The lowest BCUT2D eigenvalue weighted by atomic mass is 9.93. The molecule has 0 fully saturated rings. The first-order valence-electron chi connectivity index (χ1n) is 4.43. The monoisotopic (exact) mass is 175 g/mol. The van der Waals surface area contributed by atoms with E-state index in [-0.39, 0.29) is 5.41 Å². The van der Waals surface area contributed by atoms with Gasteiger partial charge >= 0.3 is 0 Å². The van der Waals surface area contributed by atoms with E-state index in [0.29, 0.717) is 0 Å². The maximum absolute atomic E-state index is 5.17. The zero-order valence-corrected chi connectivity index (χ0v) is 8.16. The highest BCUT2D eigenvalue weighted by Gasteiger charge is 2.16. The average molecular weight is 175 g/mol. The van der Waals surface area contributed by atoms with Gasteiger partial charge in [0, 0.05) is 11.0 Å². The van der Waals surface area contributed by atoms with Crippen LogP contribution >= 0.6 is 0 Å². The fourth-order valence-corrected chi connectivity index (χ4v) is 1.36. The lowest BCUT2D eigenvalue weighted by Crippen LogP contribution is -2.00. The number of allylic oxidation sites excluding steroid dienone is 2. The third-order valence-corrected chi connectivity index (χ3v) is 2.28. The van der Waals surface area contributed by atoms with Gasteiger partial charge in [-0.25, -0.2) is 0 Å². The molecular weight excluding hydrogens is 162 g/mol. The van der Waals surface area contributed by atoms with Crippen molar-refractivity contribution in [3.63, 3.8) is 0 Å². The van der Waals surface area contributed by atoms with Crippen LogP contribution < -0.4 is 0 Å². The molecule has 0 N–H and O–H groups in total. The molecule has 1 aromatic rings. The van der Waals surface area contributed by atoms with Crippen LogP contribution in [0, 0.1) is 12.3 Å². The van der Waals surface area contributed by atoms with Crippen molar-refractivity contribution in [2.24, 2.45) is 5.41 Å². The van der Waals surface area contributed by atoms with Gasteiger partial charge in [-0.15, -0.1) is 0 Å². The van der Waals surface area contributed by atoms with Gasteiger partial charge in [0.25, 0.3) is 0 Å². The Morgan fingerprint density at radius 1 is 1.23 bits per heavy atom. The summed E-state index contributed by atoms with van der Waals surface area (Å²) in [6.45, 7) is 6.28. The van der Waals surface area contributed by atoms with Crippen molar-refractivity contribution in [1.82, 2.24) is 5.16 Å². The van der Waals surface area contributed by atoms with Crippen molar-refractivity contribution in [3.8, 4) is 0 Å². The molecule has 1 aliphatic rings. The molecule has 1 aliphatic carbocycles. The number of hydrogen-bond acceptors (Lipinski definition) is 2. The van der Waals surface area contributed by atoms with Crippen LogP contribution in [0.3, 0.4) is 0 Å². The van der Waals surface area contributed by atoms with E-state index < -0.39 is 0 Å². The number of rotatable bonds is 0. The van der Waals surface area contributed by atoms with E-state index in [1.807, 2.05) is 13.0 Å². The van der Waals surface area contributed by atoms with E-state index in [1.54, 1.807) is 0 Å². The summed E-state index contributed by atoms with van der Waals surface area (Å²) in [7, 11) is 0. The maximum atomic E-state index is 5.17. The first kappa shape index (κ1) is 8.30. The lowest BCUT2D eigenvalue weighted by Gasteiger charge is -2.11. The Morgan fingerprint density at radius 3 is 2.69 bits per heavy atom. The number of nitrogens with zero attached hydrogens (tertiary/aromatic N) is 1. The predicted molar refractivity (Wildman–Crippen MR) is 53.1 cm³/mol. The van der Waals surface area contributed by atoms with Crippen molar-refractivity contribution >= 4 is 12.2 Å². The fraction of sp³-hybridized carbons (Fsp3) is 0.364. The second-order valence-electron chi connectivity index (χ2n) is 4.03. The van der Waals surface area contributed by atoms with Crippen LogP contribution in [-0.4, -0.2) is 5.16 Å². The summed E-state index contributed by atoms with van der Waals surface area (Å²) in [5, 5.41) is 3.91. The molecule has 68 valence electrons. The van der Waals surface area contributed by atoms with Gasteiger partial charge in [-0.2, -0.15) is 0 Å². The van der Waals surface area contributed by atoms with E-state index in [1.165, 1.54) is 0 Å². The van der Waals surface area contributed by atoms with E-state index in [2.05, 4.69) is 37.2 Å². The van der Waals surface area contributed by atoms with Crippen LogP contribution in [0.4, 0.5) is 0 Å². The van der Waals surface area contributed by atoms with Gasteiger partial charge in [0.05, 0.1) is 5.69 Å². The smallest absolute Gasteiger partial charge is 0.166 e. The van der Waals surface area contributed by atoms with Crippen LogP contribution in [0.2, 0.25) is 0 Å². The van der Waals surface area contributed by atoms with Gasteiger partial charge in [0.15, 0.2) is 5.76 Å². The Balaban J connectivity index is 2.54. The van der Waals surface area contributed by atoms with E-state index in [9.17, 15) is 0 Å². The number of aryl methyl sites for hydroxylation is 1. The lowest BCUT2D eigenvalue weighted by molar-refractivity contribution is 0.407. The fourth-order valence-electron chi connectivity index (χ4n) is 1.36. The standard InChI is InChI=1S/C11H13NO/c1-8-9-4-6-11(2,3)7-5-10(9)13-12-8/h4-7H,1-3H3. The quantitative estimate of drug-likeness (QED) is 0.605. The van der Waals surface area contributed by atoms with Gasteiger partial charge in [-0.1, -0.05) is 37.2 Å². The number of aromatic nitrogens is 1. The zero-order chi connectivity index (χ0) is 9.47. The third-order valence-electron chi connectivity index (χ3n) is 2.28. The molecule has 13 heavy (non-hydrogen) atoms. The Labute approximate surface area is 77.9 Å². The predicted octanol–water partition coefficient (Wildman–Crippen LogP) is 3.05. The van der Waals surface area contributed by atoms with Gasteiger partial charge in [0.2, 0.25) is 0 Å². The first-order valence-corrected chi connectivity index (χ1v) is 4.43. The Bertz CT molecular complexity index is 383. The van der Waals surface area contributed by atoms with Crippen LogP contribution in [-0.2, 0) is 0 Å². The van der Waals surface area contributed by atoms with Crippen LogP contribution in [0.5, 0.6) is 0 Å². The molecule has 0 spiro atoms. The van der Waals surface area contributed by atoms with Crippen molar-refractivity contribution in [2.45, 2.75) is 20.8 Å². The Kier molecular flexibility index (Phi) is 1.65. The zero-order valence-electron chi connectivity index (χ0n) is 8.16. The highest BCUT2D eigenvalue weighted by atomic mass is 16.5. The molecule has 0 bridgehead atoms. The molecule has 0 saturated carbocycles. The third kappa shape index (κ3) is 1.44. The summed E-state index contributed by atoms with van der Waals surface area (Å²) >= 11 is 0. The maximum Gasteiger partial charge on any atom is 0.166 e. The first-order chi connectivity index (χ1) is 6.08. The SMILES string of the molecule is Cc1noc2c1C=CC(C)(C)C=C2. The minimum absolute atomic E-state index is 0.105.